The molecule has 1 aromatic heterocycles. The number of nitrogens with zero attached hydrogens (tertiary/aromatic N) is 3. The highest BCUT2D eigenvalue weighted by Gasteiger charge is 2.36. The third kappa shape index (κ3) is 6.62. The lowest BCUT2D eigenvalue weighted by Gasteiger charge is -2.34. The van der Waals surface area contributed by atoms with Gasteiger partial charge in [-0.25, -0.2) is 13.2 Å². The number of hydrogen-bond acceptors (Lipinski definition) is 7. The fourth-order valence-corrected chi connectivity index (χ4v) is 5.48. The Labute approximate surface area is 206 Å². The number of alkyl halides is 3. The summed E-state index contributed by atoms with van der Waals surface area (Å²) < 4.78 is 77.4. The van der Waals surface area contributed by atoms with E-state index < -0.39 is 39.8 Å². The van der Waals surface area contributed by atoms with Crippen molar-refractivity contribution < 1.29 is 40.7 Å². The Hall–Kier alpha value is -2.97. The fourth-order valence-electron chi connectivity index (χ4n) is 3.80. The minimum Gasteiger partial charge on any atom is -0.464 e. The van der Waals surface area contributed by atoms with E-state index in [0.717, 1.165) is 11.1 Å². The smallest absolute Gasteiger partial charge is 0.435 e. The average molecular weight is 533 g/mol. The maximum absolute atomic E-state index is 13.3. The summed E-state index contributed by atoms with van der Waals surface area (Å²) >= 11 is 0. The summed E-state index contributed by atoms with van der Waals surface area (Å²) in [6.45, 7) is 1.95. The highest BCUT2D eigenvalue weighted by Crippen LogP contribution is 2.29. The van der Waals surface area contributed by atoms with Gasteiger partial charge in [-0.1, -0.05) is 6.42 Å². The molecule has 3 rings (SSSR count). The third-order valence-electron chi connectivity index (χ3n) is 5.53. The van der Waals surface area contributed by atoms with E-state index in [4.69, 9.17) is 9.47 Å². The second kappa shape index (κ2) is 11.4. The van der Waals surface area contributed by atoms with Gasteiger partial charge in [0.05, 0.1) is 18.1 Å². The van der Waals surface area contributed by atoms with Gasteiger partial charge in [0.1, 0.15) is 12.3 Å². The number of ether oxygens (including phenoxy) is 2. The molecule has 2 heterocycles. The number of benzene rings is 1. The first-order valence-corrected chi connectivity index (χ1v) is 12.7. The zero-order valence-corrected chi connectivity index (χ0v) is 20.6. The minimum atomic E-state index is -4.69. The molecule has 1 unspecified atom stereocenters. The number of sulfonamides is 1. The summed E-state index contributed by atoms with van der Waals surface area (Å²) in [6, 6.07) is 5.49. The molecule has 0 aliphatic carbocycles. The highest BCUT2D eigenvalue weighted by molar-refractivity contribution is 7.89. The maximum atomic E-state index is 13.3. The molecule has 0 saturated carbocycles. The SMILES string of the molecule is CCOC(=O)COCC1CCCCN1S(=O)(=O)c1ccc(NC(=O)c2cc(C(F)(F)F)nn2C)cc1. The number of carbonyl (C=O) groups is 2. The van der Waals surface area contributed by atoms with E-state index in [-0.39, 0.29) is 42.6 Å². The number of esters is 1. The maximum Gasteiger partial charge on any atom is 0.435 e. The molecule has 2 aromatic rings. The van der Waals surface area contributed by atoms with Gasteiger partial charge >= 0.3 is 12.1 Å². The number of anilines is 1. The molecule has 198 valence electrons. The van der Waals surface area contributed by atoms with Crippen molar-refractivity contribution in [3.05, 3.63) is 41.7 Å². The number of aromatic nitrogens is 2. The normalized spacial score (nSPS) is 17.1. The van der Waals surface area contributed by atoms with Crippen LogP contribution in [0.5, 0.6) is 0 Å². The van der Waals surface area contributed by atoms with Gasteiger partial charge in [0, 0.05) is 31.4 Å². The zero-order chi connectivity index (χ0) is 26.5. The van der Waals surface area contributed by atoms with Crippen LogP contribution in [0.2, 0.25) is 0 Å². The number of aryl methyl sites for hydroxylation is 1. The van der Waals surface area contributed by atoms with Crippen LogP contribution in [0.3, 0.4) is 0 Å². The minimum absolute atomic E-state index is 0.0160. The summed E-state index contributed by atoms with van der Waals surface area (Å²) in [7, 11) is -2.69. The van der Waals surface area contributed by atoms with E-state index in [2.05, 4.69) is 10.4 Å². The van der Waals surface area contributed by atoms with Crippen LogP contribution in [0.25, 0.3) is 0 Å². The van der Waals surface area contributed by atoms with E-state index in [1.165, 1.54) is 35.6 Å². The lowest BCUT2D eigenvalue weighted by atomic mass is 10.1. The Kier molecular flexibility index (Phi) is 8.74. The second-order valence-electron chi connectivity index (χ2n) is 8.10. The summed E-state index contributed by atoms with van der Waals surface area (Å²) in [4.78, 5) is 23.9. The van der Waals surface area contributed by atoms with Crippen LogP contribution in [-0.4, -0.2) is 66.8 Å². The van der Waals surface area contributed by atoms with E-state index in [1.54, 1.807) is 6.92 Å². The van der Waals surface area contributed by atoms with E-state index in [0.29, 0.717) is 18.9 Å². The summed E-state index contributed by atoms with van der Waals surface area (Å²) in [5.41, 5.74) is -1.31. The molecule has 14 heteroatoms. The molecule has 1 atom stereocenters. The van der Waals surface area contributed by atoms with Crippen molar-refractivity contribution in [1.82, 2.24) is 14.1 Å². The van der Waals surface area contributed by atoms with Crippen LogP contribution in [0.4, 0.5) is 18.9 Å². The molecule has 1 saturated heterocycles. The Morgan fingerprint density at radius 3 is 2.50 bits per heavy atom. The summed E-state index contributed by atoms with van der Waals surface area (Å²) in [6.07, 6.45) is -2.63. The van der Waals surface area contributed by atoms with E-state index in [9.17, 15) is 31.2 Å². The zero-order valence-electron chi connectivity index (χ0n) is 19.7. The van der Waals surface area contributed by atoms with Crippen molar-refractivity contribution in [3.63, 3.8) is 0 Å². The van der Waals surface area contributed by atoms with Gasteiger partial charge in [0.25, 0.3) is 5.91 Å². The number of amides is 1. The Morgan fingerprint density at radius 2 is 1.89 bits per heavy atom. The van der Waals surface area contributed by atoms with Crippen LogP contribution < -0.4 is 5.32 Å². The van der Waals surface area contributed by atoms with Crippen LogP contribution in [0.15, 0.2) is 35.2 Å². The number of hydrogen-bond donors (Lipinski definition) is 1. The van der Waals surface area contributed by atoms with Crippen LogP contribution in [-0.2, 0) is 37.5 Å². The second-order valence-corrected chi connectivity index (χ2v) is 9.99. The predicted octanol–water partition coefficient (Wildman–Crippen LogP) is 2.81. The van der Waals surface area contributed by atoms with Crippen molar-refractivity contribution in [2.24, 2.45) is 7.05 Å². The summed E-state index contributed by atoms with van der Waals surface area (Å²) in [5.74, 6) is -1.35. The van der Waals surface area contributed by atoms with Crippen molar-refractivity contribution >= 4 is 27.6 Å². The van der Waals surface area contributed by atoms with E-state index >= 15 is 0 Å². The highest BCUT2D eigenvalue weighted by atomic mass is 32.2. The largest absolute Gasteiger partial charge is 0.464 e. The quantitative estimate of drug-likeness (QED) is 0.493. The number of nitrogens with one attached hydrogen (secondary N) is 1. The number of carbonyl (C=O) groups excluding carboxylic acids is 2. The topological polar surface area (TPSA) is 120 Å². The van der Waals surface area contributed by atoms with Gasteiger partial charge in [0.15, 0.2) is 5.69 Å². The lowest BCUT2D eigenvalue weighted by molar-refractivity contribution is -0.149. The number of piperidine rings is 1. The molecule has 1 aliphatic heterocycles. The molecule has 10 nitrogen and oxygen atoms in total. The molecule has 1 aromatic carbocycles. The van der Waals surface area contributed by atoms with Gasteiger partial charge in [-0.15, -0.1) is 0 Å². The van der Waals surface area contributed by atoms with Gasteiger partial charge in [0.2, 0.25) is 10.0 Å². The number of rotatable bonds is 9. The predicted molar refractivity (Wildman–Crippen MR) is 122 cm³/mol. The Balaban J connectivity index is 1.68. The molecule has 0 bridgehead atoms. The molecule has 0 radical (unpaired) electrons. The first-order valence-electron chi connectivity index (χ1n) is 11.2. The molecule has 1 N–H and O–H groups in total. The van der Waals surface area contributed by atoms with Gasteiger partial charge in [-0.3, -0.25) is 9.48 Å². The van der Waals surface area contributed by atoms with E-state index in [1.807, 2.05) is 0 Å². The van der Waals surface area contributed by atoms with Crippen molar-refractivity contribution in [2.75, 3.05) is 31.7 Å². The molecular formula is C22H27F3N4O6S. The molecule has 1 aliphatic rings. The van der Waals surface area contributed by atoms with Crippen molar-refractivity contribution in [1.29, 1.82) is 0 Å². The van der Waals surface area contributed by atoms with Crippen LogP contribution >= 0.6 is 0 Å². The fraction of sp³-hybridized carbons (Fsp3) is 0.500. The molecule has 1 fully saturated rings. The van der Waals surface area contributed by atoms with Crippen LogP contribution in [0.1, 0.15) is 42.4 Å². The van der Waals surface area contributed by atoms with Gasteiger partial charge in [-0.05, 0) is 44.0 Å². The van der Waals surface area contributed by atoms with Crippen LogP contribution in [0, 0.1) is 0 Å². The molecule has 36 heavy (non-hydrogen) atoms. The summed E-state index contributed by atoms with van der Waals surface area (Å²) in [5, 5.41) is 5.74. The average Bonchev–Trinajstić information content (AvgIpc) is 3.22. The van der Waals surface area contributed by atoms with Crippen molar-refractivity contribution in [2.45, 2.75) is 43.3 Å². The first kappa shape index (κ1) is 27.6. The lowest BCUT2D eigenvalue weighted by Crippen LogP contribution is -2.46. The third-order valence-corrected chi connectivity index (χ3v) is 7.50. The van der Waals surface area contributed by atoms with Crippen molar-refractivity contribution in [3.8, 4) is 0 Å². The first-order chi connectivity index (χ1) is 16.9. The van der Waals surface area contributed by atoms with Gasteiger partial charge in [-0.2, -0.15) is 22.6 Å². The molecule has 1 amide bonds. The standard InChI is InChI=1S/C22H27F3N4O6S/c1-3-35-20(30)14-34-13-16-6-4-5-11-29(16)36(32,33)17-9-7-15(8-10-17)26-21(31)18-12-19(22(23,24)25)27-28(18)2/h7-10,12,16H,3-6,11,13-14H2,1-2H3,(H,26,31). The molecular weight excluding hydrogens is 505 g/mol. The Morgan fingerprint density at radius 1 is 1.19 bits per heavy atom. The Bertz CT molecular complexity index is 1180. The monoisotopic (exact) mass is 532 g/mol. The molecule has 0 spiro atoms. The number of halogens is 3. The van der Waals surface area contributed by atoms with Gasteiger partial charge < -0.3 is 14.8 Å².